The zero-order valence-electron chi connectivity index (χ0n) is 13.3. The molecule has 126 valence electrons. The van der Waals surface area contributed by atoms with Gasteiger partial charge in [0.05, 0.1) is 6.54 Å². The Morgan fingerprint density at radius 1 is 1.12 bits per heavy atom. The van der Waals surface area contributed by atoms with Gasteiger partial charge < -0.3 is 15.1 Å². The standard InChI is InChI=1S/C14H18N8O2/c1-11(23)16-8-14(24)21-6-4-20(5-7-21)12-2-3-13(19-18-12)22-10-15-9-17-22/h2-3,9-10H,4-8H2,1H3,(H,16,23). The van der Waals surface area contributed by atoms with E-state index in [9.17, 15) is 9.59 Å². The Labute approximate surface area is 138 Å². The highest BCUT2D eigenvalue weighted by molar-refractivity contribution is 5.83. The molecule has 0 spiro atoms. The van der Waals surface area contributed by atoms with Gasteiger partial charge in [-0.05, 0) is 12.1 Å². The third-order valence-electron chi connectivity index (χ3n) is 3.73. The van der Waals surface area contributed by atoms with Crippen LogP contribution in [0.1, 0.15) is 6.92 Å². The van der Waals surface area contributed by atoms with Crippen LogP contribution in [0.3, 0.4) is 0 Å². The lowest BCUT2D eigenvalue weighted by atomic mass is 10.3. The molecule has 0 atom stereocenters. The Hall–Kier alpha value is -3.04. The highest BCUT2D eigenvalue weighted by Crippen LogP contribution is 2.13. The number of carbonyl (C=O) groups excluding carboxylic acids is 2. The molecule has 24 heavy (non-hydrogen) atoms. The van der Waals surface area contributed by atoms with Crippen LogP contribution in [0.5, 0.6) is 0 Å². The van der Waals surface area contributed by atoms with E-state index in [4.69, 9.17) is 0 Å². The summed E-state index contributed by atoms with van der Waals surface area (Å²) < 4.78 is 1.54. The summed E-state index contributed by atoms with van der Waals surface area (Å²) in [4.78, 5) is 30.5. The lowest BCUT2D eigenvalue weighted by molar-refractivity contribution is -0.132. The molecule has 10 heteroatoms. The number of piperazine rings is 1. The summed E-state index contributed by atoms with van der Waals surface area (Å²) >= 11 is 0. The number of nitrogens with zero attached hydrogens (tertiary/aromatic N) is 7. The molecule has 2 amide bonds. The topological polar surface area (TPSA) is 109 Å². The van der Waals surface area contributed by atoms with Gasteiger partial charge >= 0.3 is 0 Å². The van der Waals surface area contributed by atoms with Crippen LogP contribution in [0.2, 0.25) is 0 Å². The minimum absolute atomic E-state index is 0.0434. The lowest BCUT2D eigenvalue weighted by Crippen LogP contribution is -2.51. The fraction of sp³-hybridized carbons (Fsp3) is 0.429. The normalized spacial score (nSPS) is 14.5. The smallest absolute Gasteiger partial charge is 0.242 e. The minimum atomic E-state index is -0.204. The van der Waals surface area contributed by atoms with Gasteiger partial charge in [0.25, 0.3) is 0 Å². The molecule has 1 N–H and O–H groups in total. The van der Waals surface area contributed by atoms with Crippen LogP contribution in [-0.2, 0) is 9.59 Å². The van der Waals surface area contributed by atoms with Crippen LogP contribution in [0.4, 0.5) is 5.82 Å². The van der Waals surface area contributed by atoms with Crippen LogP contribution in [0, 0.1) is 0 Å². The van der Waals surface area contributed by atoms with E-state index >= 15 is 0 Å². The van der Waals surface area contributed by atoms with Crippen molar-refractivity contribution in [3.05, 3.63) is 24.8 Å². The van der Waals surface area contributed by atoms with Gasteiger partial charge in [0.2, 0.25) is 11.8 Å². The average molecular weight is 330 g/mol. The van der Waals surface area contributed by atoms with Crippen molar-refractivity contribution < 1.29 is 9.59 Å². The van der Waals surface area contributed by atoms with E-state index in [-0.39, 0.29) is 18.4 Å². The summed E-state index contributed by atoms with van der Waals surface area (Å²) in [7, 11) is 0. The first-order valence-corrected chi connectivity index (χ1v) is 7.59. The van der Waals surface area contributed by atoms with Crippen molar-refractivity contribution >= 4 is 17.6 Å². The van der Waals surface area contributed by atoms with E-state index in [1.807, 2.05) is 12.1 Å². The number of rotatable bonds is 4. The number of anilines is 1. The molecule has 0 aromatic carbocycles. The molecule has 2 aromatic heterocycles. The third-order valence-corrected chi connectivity index (χ3v) is 3.73. The lowest BCUT2D eigenvalue weighted by Gasteiger charge is -2.35. The van der Waals surface area contributed by atoms with E-state index in [0.29, 0.717) is 32.0 Å². The van der Waals surface area contributed by atoms with Gasteiger partial charge in [0, 0.05) is 33.1 Å². The van der Waals surface area contributed by atoms with Crippen molar-refractivity contribution in [3.8, 4) is 5.82 Å². The summed E-state index contributed by atoms with van der Waals surface area (Å²) in [6.45, 7) is 3.96. The highest BCUT2D eigenvalue weighted by Gasteiger charge is 2.22. The monoisotopic (exact) mass is 330 g/mol. The second kappa shape index (κ2) is 7.02. The zero-order chi connectivity index (χ0) is 16.9. The number of hydrogen-bond donors (Lipinski definition) is 1. The maximum atomic E-state index is 12.0. The molecule has 1 fully saturated rings. The number of aromatic nitrogens is 5. The van der Waals surface area contributed by atoms with Crippen LogP contribution >= 0.6 is 0 Å². The Balaban J connectivity index is 1.55. The van der Waals surface area contributed by atoms with Gasteiger partial charge in [-0.2, -0.15) is 5.10 Å². The Morgan fingerprint density at radius 3 is 2.42 bits per heavy atom. The van der Waals surface area contributed by atoms with Crippen LogP contribution in [0.25, 0.3) is 5.82 Å². The van der Waals surface area contributed by atoms with Gasteiger partial charge in [-0.1, -0.05) is 0 Å². The Kier molecular flexibility index (Phi) is 4.64. The Bertz CT molecular complexity index is 692. The van der Waals surface area contributed by atoms with Crippen LogP contribution < -0.4 is 10.2 Å². The summed E-state index contributed by atoms with van der Waals surface area (Å²) in [6, 6.07) is 3.70. The van der Waals surface area contributed by atoms with Crippen molar-refractivity contribution in [2.45, 2.75) is 6.92 Å². The van der Waals surface area contributed by atoms with E-state index in [1.165, 1.54) is 17.9 Å². The second-order valence-electron chi connectivity index (χ2n) is 5.37. The molecule has 1 aliphatic rings. The molecule has 2 aromatic rings. The van der Waals surface area contributed by atoms with Gasteiger partial charge in [-0.3, -0.25) is 9.59 Å². The van der Waals surface area contributed by atoms with E-state index in [2.05, 4.69) is 30.5 Å². The molecular weight excluding hydrogens is 312 g/mol. The molecule has 0 radical (unpaired) electrons. The summed E-state index contributed by atoms with van der Waals surface area (Å²) in [5.41, 5.74) is 0. The second-order valence-corrected chi connectivity index (χ2v) is 5.37. The first-order chi connectivity index (χ1) is 11.6. The summed E-state index contributed by atoms with van der Waals surface area (Å²) in [5.74, 6) is 1.08. The predicted octanol–water partition coefficient (Wildman–Crippen LogP) is -1.16. The molecule has 3 rings (SSSR count). The number of hydrogen-bond acceptors (Lipinski definition) is 7. The van der Waals surface area contributed by atoms with Crippen molar-refractivity contribution in [1.82, 2.24) is 35.2 Å². The largest absolute Gasteiger partial charge is 0.352 e. The molecule has 10 nitrogen and oxygen atoms in total. The van der Waals surface area contributed by atoms with Crippen LogP contribution in [0.15, 0.2) is 24.8 Å². The SMILES string of the molecule is CC(=O)NCC(=O)N1CCN(c2ccc(-n3cncn3)nn2)CC1. The summed E-state index contributed by atoms with van der Waals surface area (Å²) in [6.07, 6.45) is 3.00. The van der Waals surface area contributed by atoms with E-state index < -0.39 is 0 Å². The fourth-order valence-electron chi connectivity index (χ4n) is 2.43. The maximum absolute atomic E-state index is 12.0. The molecular formula is C14H18N8O2. The average Bonchev–Trinajstić information content (AvgIpc) is 3.14. The van der Waals surface area contributed by atoms with E-state index in [1.54, 1.807) is 11.2 Å². The molecule has 1 aliphatic heterocycles. The molecule has 0 saturated carbocycles. The van der Waals surface area contributed by atoms with Crippen molar-refractivity contribution in [1.29, 1.82) is 0 Å². The number of nitrogens with one attached hydrogen (secondary N) is 1. The Morgan fingerprint density at radius 2 is 1.83 bits per heavy atom. The predicted molar refractivity (Wildman–Crippen MR) is 84.4 cm³/mol. The van der Waals surface area contributed by atoms with Gasteiger partial charge in [-0.25, -0.2) is 9.67 Å². The van der Waals surface area contributed by atoms with Crippen LogP contribution in [-0.4, -0.2) is 74.4 Å². The van der Waals surface area contributed by atoms with Gasteiger partial charge in [0.15, 0.2) is 11.6 Å². The third kappa shape index (κ3) is 3.65. The maximum Gasteiger partial charge on any atom is 0.242 e. The van der Waals surface area contributed by atoms with Crippen molar-refractivity contribution in [2.24, 2.45) is 0 Å². The summed E-state index contributed by atoms with van der Waals surface area (Å²) in [5, 5.41) is 14.9. The van der Waals surface area contributed by atoms with Crippen molar-refractivity contribution in [2.75, 3.05) is 37.6 Å². The minimum Gasteiger partial charge on any atom is -0.352 e. The molecule has 1 saturated heterocycles. The van der Waals surface area contributed by atoms with Gasteiger partial charge in [-0.15, -0.1) is 10.2 Å². The quantitative estimate of drug-likeness (QED) is 0.753. The van der Waals surface area contributed by atoms with Crippen molar-refractivity contribution in [3.63, 3.8) is 0 Å². The highest BCUT2D eigenvalue weighted by atomic mass is 16.2. The number of amides is 2. The molecule has 0 aliphatic carbocycles. The van der Waals surface area contributed by atoms with E-state index in [0.717, 1.165) is 5.82 Å². The molecule has 3 heterocycles. The molecule has 0 bridgehead atoms. The first-order valence-electron chi connectivity index (χ1n) is 7.59. The fourth-order valence-corrected chi connectivity index (χ4v) is 2.43. The molecule has 0 unspecified atom stereocenters. The zero-order valence-corrected chi connectivity index (χ0v) is 13.3. The first kappa shape index (κ1) is 15.8. The van der Waals surface area contributed by atoms with Gasteiger partial charge in [0.1, 0.15) is 12.7 Å². The number of carbonyl (C=O) groups is 2.